The van der Waals surface area contributed by atoms with E-state index in [1.165, 1.54) is 23.7 Å². The van der Waals surface area contributed by atoms with Crippen molar-refractivity contribution >= 4 is 21.5 Å². The molecule has 0 saturated heterocycles. The molecule has 3 aromatic rings. The van der Waals surface area contributed by atoms with Crippen molar-refractivity contribution in [3.8, 4) is 0 Å². The van der Waals surface area contributed by atoms with Crippen LogP contribution in [0.1, 0.15) is 47.0 Å². The summed E-state index contributed by atoms with van der Waals surface area (Å²) in [5.41, 5.74) is -1.59. The maximum absolute atomic E-state index is 13.0. The molecule has 2 heterocycles. The highest BCUT2D eigenvalue weighted by Gasteiger charge is 2.40. The fourth-order valence-electron chi connectivity index (χ4n) is 5.95. The van der Waals surface area contributed by atoms with E-state index in [0.717, 1.165) is 23.8 Å². The number of hydrogen-bond donors (Lipinski definition) is 0. The smallest absolute Gasteiger partial charge is 0.261 e. The first-order valence-corrected chi connectivity index (χ1v) is 9.79. The highest BCUT2D eigenvalue weighted by molar-refractivity contribution is 5.97. The van der Waals surface area contributed by atoms with Crippen molar-refractivity contribution in [1.29, 1.82) is 0 Å². The van der Waals surface area contributed by atoms with Crippen LogP contribution in [-0.4, -0.2) is 9.13 Å². The lowest BCUT2D eigenvalue weighted by Crippen LogP contribution is -2.41. The van der Waals surface area contributed by atoms with Crippen molar-refractivity contribution in [3.63, 3.8) is 0 Å². The van der Waals surface area contributed by atoms with Crippen molar-refractivity contribution < 1.29 is 0 Å². The molecule has 0 amide bonds. The molecule has 0 radical (unpaired) electrons. The molecule has 1 aromatic carbocycles. The Kier molecular flexibility index (Phi) is 3.87. The van der Waals surface area contributed by atoms with Crippen LogP contribution in [0.5, 0.6) is 0 Å². The van der Waals surface area contributed by atoms with Crippen LogP contribution >= 0.6 is 0 Å². The summed E-state index contributed by atoms with van der Waals surface area (Å²) in [6.45, 7) is 9.21. The second-order valence-corrected chi connectivity index (χ2v) is 9.97. The van der Waals surface area contributed by atoms with Gasteiger partial charge in [-0.15, -0.1) is 0 Å². The predicted octanol–water partition coefficient (Wildman–Crippen LogP) is 2.30. The monoisotopic (exact) mass is 382 g/mol. The fourth-order valence-corrected chi connectivity index (χ4v) is 5.95. The van der Waals surface area contributed by atoms with Crippen LogP contribution in [-0.2, 0) is 13.6 Å². The van der Waals surface area contributed by atoms with Gasteiger partial charge in [-0.3, -0.25) is 28.3 Å². The molecular weight excluding hydrogens is 356 g/mol. The zero-order valence-corrected chi connectivity index (χ0v) is 17.1. The number of fused-ring (bicyclic) bond motifs is 2. The first-order valence-electron chi connectivity index (χ1n) is 9.79. The van der Waals surface area contributed by atoms with Crippen LogP contribution in [0.15, 0.2) is 31.3 Å². The Hall–Kier alpha value is -2.50. The summed E-state index contributed by atoms with van der Waals surface area (Å²) >= 11 is 0. The largest absolute Gasteiger partial charge is 0.277 e. The van der Waals surface area contributed by atoms with E-state index >= 15 is 0 Å². The topological polar surface area (TPSA) is 78.1 Å². The summed E-state index contributed by atoms with van der Waals surface area (Å²) in [6, 6.07) is 2.84. The first-order chi connectivity index (χ1) is 12.9. The summed E-state index contributed by atoms with van der Waals surface area (Å²) in [5, 5.41) is 0.861. The van der Waals surface area contributed by atoms with Crippen LogP contribution in [0, 0.1) is 16.7 Å². The van der Waals surface area contributed by atoms with E-state index in [1.807, 2.05) is 0 Å². The van der Waals surface area contributed by atoms with Crippen molar-refractivity contribution in [2.45, 2.75) is 53.5 Å². The van der Waals surface area contributed by atoms with E-state index in [1.54, 1.807) is 0 Å². The molecule has 6 nitrogen and oxygen atoms in total. The predicted molar refractivity (Wildman–Crippen MR) is 111 cm³/mol. The van der Waals surface area contributed by atoms with Gasteiger partial charge < -0.3 is 0 Å². The quantitative estimate of drug-likeness (QED) is 0.681. The van der Waals surface area contributed by atoms with Crippen LogP contribution in [0.25, 0.3) is 21.5 Å². The number of benzene rings is 1. The van der Waals surface area contributed by atoms with E-state index in [2.05, 4.69) is 27.7 Å². The minimum absolute atomic E-state index is 0.150. The molecule has 0 aliphatic heterocycles. The maximum atomic E-state index is 13.0. The SMILES string of the molecule is CC1CC(C)(C)CC(C)(Cn2c(=O)c3cc4c(=O)n(C)c(=O)c4cc3c2=O)C1. The minimum Gasteiger partial charge on any atom is -0.277 e. The van der Waals surface area contributed by atoms with E-state index < -0.39 is 11.1 Å². The molecule has 2 aromatic heterocycles. The number of hydrogen-bond acceptors (Lipinski definition) is 4. The van der Waals surface area contributed by atoms with Crippen molar-refractivity contribution in [2.75, 3.05) is 0 Å². The van der Waals surface area contributed by atoms with Gasteiger partial charge in [0.05, 0.1) is 21.5 Å². The molecule has 28 heavy (non-hydrogen) atoms. The van der Waals surface area contributed by atoms with Gasteiger partial charge in [0.25, 0.3) is 22.2 Å². The Bertz CT molecular complexity index is 1240. The van der Waals surface area contributed by atoms with Gasteiger partial charge in [0.15, 0.2) is 0 Å². The molecule has 1 aliphatic rings. The van der Waals surface area contributed by atoms with Gasteiger partial charge in [-0.25, -0.2) is 0 Å². The molecule has 6 heteroatoms. The molecule has 1 saturated carbocycles. The van der Waals surface area contributed by atoms with E-state index in [9.17, 15) is 19.2 Å². The number of aromatic nitrogens is 2. The van der Waals surface area contributed by atoms with Gasteiger partial charge in [-0.1, -0.05) is 27.7 Å². The van der Waals surface area contributed by atoms with Gasteiger partial charge in [-0.05, 0) is 48.1 Å². The molecule has 0 N–H and O–H groups in total. The minimum atomic E-state index is -0.434. The summed E-state index contributed by atoms with van der Waals surface area (Å²) in [7, 11) is 1.40. The van der Waals surface area contributed by atoms with E-state index in [4.69, 9.17) is 0 Å². The van der Waals surface area contributed by atoms with Crippen LogP contribution in [0.2, 0.25) is 0 Å². The molecule has 4 rings (SSSR count). The van der Waals surface area contributed by atoms with Crippen LogP contribution in [0.3, 0.4) is 0 Å². The maximum Gasteiger partial charge on any atom is 0.261 e. The second-order valence-electron chi connectivity index (χ2n) is 9.97. The summed E-state index contributed by atoms with van der Waals surface area (Å²) < 4.78 is 2.33. The van der Waals surface area contributed by atoms with Gasteiger partial charge in [0, 0.05) is 13.6 Å². The molecule has 2 unspecified atom stereocenters. The zero-order valence-electron chi connectivity index (χ0n) is 17.1. The Balaban J connectivity index is 1.89. The molecule has 2 atom stereocenters. The zero-order chi connectivity index (χ0) is 20.6. The van der Waals surface area contributed by atoms with Crippen LogP contribution < -0.4 is 22.2 Å². The van der Waals surface area contributed by atoms with Gasteiger partial charge in [-0.2, -0.15) is 0 Å². The Morgan fingerprint density at radius 1 is 0.857 bits per heavy atom. The third-order valence-electron chi connectivity index (χ3n) is 6.37. The normalized spacial score (nSPS) is 25.0. The Morgan fingerprint density at radius 3 is 1.79 bits per heavy atom. The van der Waals surface area contributed by atoms with Gasteiger partial charge >= 0.3 is 0 Å². The molecule has 1 aliphatic carbocycles. The second kappa shape index (κ2) is 5.75. The molecule has 0 spiro atoms. The number of rotatable bonds is 2. The molecule has 148 valence electrons. The Labute approximate surface area is 162 Å². The summed E-state index contributed by atoms with van der Waals surface area (Å²) in [6.07, 6.45) is 3.04. The average molecular weight is 382 g/mol. The highest BCUT2D eigenvalue weighted by Crippen LogP contribution is 2.49. The lowest BCUT2D eigenvalue weighted by atomic mass is 9.61. The Morgan fingerprint density at radius 2 is 1.32 bits per heavy atom. The van der Waals surface area contributed by atoms with E-state index in [-0.39, 0.29) is 43.5 Å². The van der Waals surface area contributed by atoms with Gasteiger partial charge in [0.2, 0.25) is 0 Å². The van der Waals surface area contributed by atoms with E-state index in [0.29, 0.717) is 12.5 Å². The highest BCUT2D eigenvalue weighted by atomic mass is 16.2. The molecular formula is C22H26N2O4. The lowest BCUT2D eigenvalue weighted by Gasteiger charge is -2.46. The van der Waals surface area contributed by atoms with Crippen LogP contribution in [0.4, 0.5) is 0 Å². The average Bonchev–Trinajstić information content (AvgIpc) is 2.92. The first kappa shape index (κ1) is 18.8. The molecule has 1 fully saturated rings. The van der Waals surface area contributed by atoms with Crippen molar-refractivity contribution in [2.24, 2.45) is 23.8 Å². The van der Waals surface area contributed by atoms with Gasteiger partial charge in [0.1, 0.15) is 0 Å². The third-order valence-corrected chi connectivity index (χ3v) is 6.37. The number of nitrogens with zero attached hydrogens (tertiary/aromatic N) is 2. The van der Waals surface area contributed by atoms with Crippen molar-refractivity contribution in [1.82, 2.24) is 9.13 Å². The summed E-state index contributed by atoms with van der Waals surface area (Å²) in [5.74, 6) is 0.526. The standard InChI is InChI=1S/C22H26N2O4/c1-12-8-21(2,3)10-22(4,9-12)11-24-19(27)15-6-13-14(7-16(15)20(24)28)18(26)23(5)17(13)25/h6-7,12H,8-11H2,1-5H3. The molecule has 0 bridgehead atoms. The van der Waals surface area contributed by atoms with Crippen molar-refractivity contribution in [3.05, 3.63) is 53.5 Å². The lowest BCUT2D eigenvalue weighted by molar-refractivity contribution is 0.0464. The fraction of sp³-hybridized carbons (Fsp3) is 0.545. The summed E-state index contributed by atoms with van der Waals surface area (Å²) in [4.78, 5) is 50.6. The third kappa shape index (κ3) is 2.69.